The van der Waals surface area contributed by atoms with Gasteiger partial charge < -0.3 is 14.2 Å². The Bertz CT molecular complexity index is 1600. The van der Waals surface area contributed by atoms with Gasteiger partial charge >= 0.3 is 6.11 Å². The molecule has 0 amide bonds. The highest BCUT2D eigenvalue weighted by Crippen LogP contribution is 2.39. The van der Waals surface area contributed by atoms with Crippen molar-refractivity contribution in [3.05, 3.63) is 124 Å². The molecule has 3 nitrogen and oxygen atoms in total. The number of aryl methyl sites for hydroxylation is 1. The van der Waals surface area contributed by atoms with E-state index in [2.05, 4.69) is 11.7 Å². The van der Waals surface area contributed by atoms with Crippen LogP contribution >= 0.6 is 0 Å². The molecule has 0 bridgehead atoms. The molecule has 1 fully saturated rings. The molecule has 238 valence electrons. The minimum atomic E-state index is -4.73. The summed E-state index contributed by atoms with van der Waals surface area (Å²) < 4.78 is 129. The molecule has 5 rings (SSSR count). The summed E-state index contributed by atoms with van der Waals surface area (Å²) in [6.07, 6.45) is -1.70. The lowest BCUT2D eigenvalue weighted by Gasteiger charge is -2.30. The van der Waals surface area contributed by atoms with Crippen molar-refractivity contribution < 1.29 is 49.3 Å². The number of benzene rings is 4. The molecule has 0 unspecified atom stereocenters. The van der Waals surface area contributed by atoms with E-state index in [0.717, 1.165) is 31.2 Å². The maximum Gasteiger partial charge on any atom is 0.432 e. The highest BCUT2D eigenvalue weighted by atomic mass is 19.3. The summed E-state index contributed by atoms with van der Waals surface area (Å²) in [4.78, 5) is 0. The van der Waals surface area contributed by atoms with E-state index in [-0.39, 0.29) is 30.9 Å². The highest BCUT2D eigenvalue weighted by Gasteiger charge is 2.42. The first kappa shape index (κ1) is 32.4. The zero-order valence-corrected chi connectivity index (χ0v) is 24.0. The second-order valence-corrected chi connectivity index (χ2v) is 10.8. The average molecular weight is 637 g/mol. The number of unbranched alkanes of at least 4 members (excludes halogenated alkanes) is 2. The molecular weight excluding hydrogens is 608 g/mol. The zero-order chi connectivity index (χ0) is 32.3. The zero-order valence-electron chi connectivity index (χ0n) is 24.0. The SMILES string of the molecule is CCCCCc1ccc(-c2ccc(C3COC(c4cc(F)c(C(F)(F)Oc5cc(F)c(F)c(F)c5)c(F)c4)OC3)c(F)c2)cc1. The molecule has 11 heteroatoms. The number of ether oxygens (including phenoxy) is 3. The van der Waals surface area contributed by atoms with Crippen molar-refractivity contribution in [1.29, 1.82) is 0 Å². The second kappa shape index (κ2) is 13.6. The van der Waals surface area contributed by atoms with Crippen LogP contribution in [-0.2, 0) is 22.0 Å². The predicted molar refractivity (Wildman–Crippen MR) is 150 cm³/mol. The smallest absolute Gasteiger partial charge is 0.429 e. The van der Waals surface area contributed by atoms with E-state index >= 15 is 4.39 Å². The third-order valence-corrected chi connectivity index (χ3v) is 7.53. The number of hydrogen-bond acceptors (Lipinski definition) is 3. The second-order valence-electron chi connectivity index (χ2n) is 10.8. The fraction of sp³-hybridized carbons (Fsp3) is 0.294. The maximum absolute atomic E-state index is 15.2. The molecule has 0 N–H and O–H groups in total. The molecule has 0 atom stereocenters. The third kappa shape index (κ3) is 7.31. The van der Waals surface area contributed by atoms with Crippen LogP contribution in [0.5, 0.6) is 5.75 Å². The van der Waals surface area contributed by atoms with Crippen molar-refractivity contribution in [2.24, 2.45) is 0 Å². The Morgan fingerprint density at radius 2 is 1.31 bits per heavy atom. The van der Waals surface area contributed by atoms with Gasteiger partial charge in [0.1, 0.15) is 28.8 Å². The largest absolute Gasteiger partial charge is 0.432 e. The van der Waals surface area contributed by atoms with Gasteiger partial charge in [-0.3, -0.25) is 0 Å². The maximum atomic E-state index is 15.2. The Labute approximate surface area is 254 Å². The fourth-order valence-electron chi connectivity index (χ4n) is 5.15. The third-order valence-electron chi connectivity index (χ3n) is 7.53. The quantitative estimate of drug-likeness (QED) is 0.0986. The first-order chi connectivity index (χ1) is 21.5. The van der Waals surface area contributed by atoms with Crippen LogP contribution in [0.2, 0.25) is 0 Å². The summed E-state index contributed by atoms with van der Waals surface area (Å²) in [5, 5.41) is 0. The van der Waals surface area contributed by atoms with Gasteiger partial charge in [-0.15, -0.1) is 0 Å². The Morgan fingerprint density at radius 3 is 1.89 bits per heavy atom. The van der Waals surface area contributed by atoms with Crippen molar-refractivity contribution in [2.45, 2.75) is 50.9 Å². The van der Waals surface area contributed by atoms with E-state index in [9.17, 15) is 30.7 Å². The Hall–Kier alpha value is -3.96. The van der Waals surface area contributed by atoms with Crippen LogP contribution in [0.3, 0.4) is 0 Å². The molecule has 1 aliphatic heterocycles. The minimum Gasteiger partial charge on any atom is -0.429 e. The van der Waals surface area contributed by atoms with Crippen molar-refractivity contribution in [2.75, 3.05) is 13.2 Å². The Kier molecular flexibility index (Phi) is 9.79. The van der Waals surface area contributed by atoms with Crippen LogP contribution in [0.1, 0.15) is 60.6 Å². The Balaban J connectivity index is 1.24. The van der Waals surface area contributed by atoms with Crippen LogP contribution in [0.25, 0.3) is 11.1 Å². The van der Waals surface area contributed by atoms with E-state index in [1.54, 1.807) is 12.1 Å². The van der Waals surface area contributed by atoms with Crippen LogP contribution in [0.15, 0.2) is 66.7 Å². The molecule has 0 aromatic heterocycles. The summed E-state index contributed by atoms with van der Waals surface area (Å²) in [6, 6.07) is 14.0. The molecule has 45 heavy (non-hydrogen) atoms. The summed E-state index contributed by atoms with van der Waals surface area (Å²) in [6.45, 7) is 1.95. The van der Waals surface area contributed by atoms with Gasteiger partial charge in [0.05, 0.1) is 13.2 Å². The minimum absolute atomic E-state index is 0.0979. The molecule has 0 aliphatic carbocycles. The molecule has 0 radical (unpaired) electrons. The molecule has 0 saturated carbocycles. The highest BCUT2D eigenvalue weighted by molar-refractivity contribution is 5.64. The summed E-state index contributed by atoms with van der Waals surface area (Å²) in [5.74, 6) is -11.4. The topological polar surface area (TPSA) is 27.7 Å². The lowest BCUT2D eigenvalue weighted by Crippen LogP contribution is -2.28. The van der Waals surface area contributed by atoms with Crippen molar-refractivity contribution in [3.8, 4) is 16.9 Å². The Morgan fingerprint density at radius 1 is 0.711 bits per heavy atom. The van der Waals surface area contributed by atoms with Crippen molar-refractivity contribution >= 4 is 0 Å². The van der Waals surface area contributed by atoms with Gasteiger partial charge in [0.2, 0.25) is 0 Å². The van der Waals surface area contributed by atoms with Crippen LogP contribution in [-0.4, -0.2) is 13.2 Å². The van der Waals surface area contributed by atoms with E-state index in [1.165, 1.54) is 11.6 Å². The van der Waals surface area contributed by atoms with Crippen LogP contribution in [0, 0.1) is 34.9 Å². The molecule has 1 heterocycles. The van der Waals surface area contributed by atoms with Crippen molar-refractivity contribution in [1.82, 2.24) is 0 Å². The number of alkyl halides is 2. The summed E-state index contributed by atoms with van der Waals surface area (Å²) in [7, 11) is 0. The van der Waals surface area contributed by atoms with Gasteiger partial charge in [-0.05, 0) is 53.3 Å². The van der Waals surface area contributed by atoms with E-state index < -0.39 is 64.5 Å². The van der Waals surface area contributed by atoms with Gasteiger partial charge in [0, 0.05) is 23.6 Å². The van der Waals surface area contributed by atoms with E-state index in [1.807, 2.05) is 24.3 Å². The first-order valence-corrected chi connectivity index (χ1v) is 14.3. The van der Waals surface area contributed by atoms with Gasteiger partial charge in [0.15, 0.2) is 23.7 Å². The van der Waals surface area contributed by atoms with Gasteiger partial charge in [-0.1, -0.05) is 56.2 Å². The predicted octanol–water partition coefficient (Wildman–Crippen LogP) is 9.88. The number of halogens is 8. The standard InChI is InChI=1S/C34H28F8O3/c1-2-3-4-5-19-6-8-20(9-7-19)21-10-11-25(26(35)12-21)23-17-43-33(44-18-23)22-13-27(36)31(28(37)14-22)34(41,42)45-24-15-29(38)32(40)30(39)16-24/h6-16,23,33H,2-5,17-18H2,1H3. The molecule has 4 aromatic carbocycles. The lowest BCUT2D eigenvalue weighted by atomic mass is 9.95. The number of hydrogen-bond donors (Lipinski definition) is 0. The summed E-state index contributed by atoms with van der Waals surface area (Å²) in [5.41, 5.74) is 0.940. The van der Waals surface area contributed by atoms with Crippen LogP contribution in [0.4, 0.5) is 35.1 Å². The summed E-state index contributed by atoms with van der Waals surface area (Å²) >= 11 is 0. The molecule has 4 aromatic rings. The normalized spacial score (nSPS) is 17.0. The fourth-order valence-corrected chi connectivity index (χ4v) is 5.15. The molecule has 1 saturated heterocycles. The van der Waals surface area contributed by atoms with E-state index in [4.69, 9.17) is 9.47 Å². The molecule has 0 spiro atoms. The van der Waals surface area contributed by atoms with Crippen molar-refractivity contribution in [3.63, 3.8) is 0 Å². The monoisotopic (exact) mass is 636 g/mol. The molecular formula is C34H28F8O3. The van der Waals surface area contributed by atoms with Gasteiger partial charge in [-0.25, -0.2) is 26.3 Å². The average Bonchev–Trinajstić information content (AvgIpc) is 2.99. The molecule has 1 aliphatic rings. The number of rotatable bonds is 10. The lowest BCUT2D eigenvalue weighted by molar-refractivity contribution is -0.194. The first-order valence-electron chi connectivity index (χ1n) is 14.3. The van der Waals surface area contributed by atoms with Crippen LogP contribution < -0.4 is 4.74 Å². The van der Waals surface area contributed by atoms with Gasteiger partial charge in [0.25, 0.3) is 0 Å². The van der Waals surface area contributed by atoms with Gasteiger partial charge in [-0.2, -0.15) is 8.78 Å². The van der Waals surface area contributed by atoms with E-state index in [0.29, 0.717) is 23.3 Å².